The molecular formula is C11H13BrF2O. The van der Waals surface area contributed by atoms with E-state index in [4.69, 9.17) is 4.74 Å². The van der Waals surface area contributed by atoms with Gasteiger partial charge < -0.3 is 4.74 Å². The fourth-order valence-electron chi connectivity index (χ4n) is 1.19. The van der Waals surface area contributed by atoms with Crippen LogP contribution in [0.2, 0.25) is 0 Å². The molecule has 0 aliphatic heterocycles. The van der Waals surface area contributed by atoms with E-state index in [9.17, 15) is 8.78 Å². The third kappa shape index (κ3) is 5.23. The summed E-state index contributed by atoms with van der Waals surface area (Å²) in [6, 6.07) is 9.82. The van der Waals surface area contributed by atoms with Gasteiger partial charge in [-0.25, -0.2) is 8.78 Å². The van der Waals surface area contributed by atoms with Gasteiger partial charge in [0.2, 0.25) is 0 Å². The van der Waals surface area contributed by atoms with Crippen molar-refractivity contribution in [3.63, 3.8) is 0 Å². The highest BCUT2D eigenvalue weighted by atomic mass is 79.9. The van der Waals surface area contributed by atoms with Crippen LogP contribution in [0.25, 0.3) is 0 Å². The smallest absolute Gasteiger partial charge is 0.261 e. The normalized spacial score (nSPS) is 13.1. The average molecular weight is 279 g/mol. The van der Waals surface area contributed by atoms with Gasteiger partial charge in [-0.15, -0.1) is 0 Å². The summed E-state index contributed by atoms with van der Waals surface area (Å²) in [5.41, 5.74) is 1.14. The number of hydrogen-bond acceptors (Lipinski definition) is 1. The maximum absolute atomic E-state index is 11.7. The Hall–Kier alpha value is -0.480. The monoisotopic (exact) mass is 278 g/mol. The Morgan fingerprint density at radius 1 is 1.20 bits per heavy atom. The van der Waals surface area contributed by atoms with Gasteiger partial charge in [-0.2, -0.15) is 0 Å². The van der Waals surface area contributed by atoms with Crippen molar-refractivity contribution in [3.05, 3.63) is 35.9 Å². The first-order valence-electron chi connectivity index (χ1n) is 4.75. The van der Waals surface area contributed by atoms with Crippen LogP contribution in [0.15, 0.2) is 30.3 Å². The highest BCUT2D eigenvalue weighted by molar-refractivity contribution is 9.09. The van der Waals surface area contributed by atoms with Crippen LogP contribution in [-0.4, -0.2) is 19.6 Å². The maximum Gasteiger partial charge on any atom is 0.261 e. The van der Waals surface area contributed by atoms with E-state index in [0.29, 0.717) is 13.0 Å². The summed E-state index contributed by atoms with van der Waals surface area (Å²) in [6.45, 7) is -0.135. The highest BCUT2D eigenvalue weighted by Crippen LogP contribution is 2.25. The molecule has 0 heterocycles. The van der Waals surface area contributed by atoms with Crippen molar-refractivity contribution >= 4 is 15.9 Å². The molecule has 0 aliphatic rings. The van der Waals surface area contributed by atoms with Crippen LogP contribution in [0, 0.1) is 0 Å². The number of hydrogen-bond donors (Lipinski definition) is 0. The molecular weight excluding hydrogens is 266 g/mol. The lowest BCUT2D eigenvalue weighted by molar-refractivity contribution is 0.0167. The zero-order valence-electron chi connectivity index (χ0n) is 8.20. The number of benzene rings is 1. The fraction of sp³-hybridized carbons (Fsp3) is 0.455. The van der Waals surface area contributed by atoms with Gasteiger partial charge in [0.1, 0.15) is 6.61 Å². The molecule has 0 N–H and O–H groups in total. The molecule has 4 heteroatoms. The molecule has 0 saturated carbocycles. The molecule has 1 nitrogen and oxygen atoms in total. The quantitative estimate of drug-likeness (QED) is 0.568. The van der Waals surface area contributed by atoms with Crippen LogP contribution in [-0.2, 0) is 4.74 Å². The molecule has 84 valence electrons. The molecule has 0 spiro atoms. The number of alkyl halides is 3. The van der Waals surface area contributed by atoms with Crippen LogP contribution in [0.1, 0.15) is 16.8 Å². The Morgan fingerprint density at radius 3 is 2.47 bits per heavy atom. The van der Waals surface area contributed by atoms with Crippen molar-refractivity contribution in [1.29, 1.82) is 0 Å². The maximum atomic E-state index is 11.7. The number of rotatable bonds is 6. The minimum atomic E-state index is -2.38. The van der Waals surface area contributed by atoms with Crippen molar-refractivity contribution < 1.29 is 13.5 Å². The predicted molar refractivity (Wildman–Crippen MR) is 59.6 cm³/mol. The van der Waals surface area contributed by atoms with E-state index in [1.807, 2.05) is 30.3 Å². The predicted octanol–water partition coefficient (Wildman–Crippen LogP) is 3.79. The molecule has 0 amide bonds. The third-order valence-electron chi connectivity index (χ3n) is 1.92. The topological polar surface area (TPSA) is 9.23 Å². The van der Waals surface area contributed by atoms with Crippen molar-refractivity contribution in [3.8, 4) is 0 Å². The van der Waals surface area contributed by atoms with Gasteiger partial charge in [0, 0.05) is 11.4 Å². The Morgan fingerprint density at radius 2 is 1.87 bits per heavy atom. The summed E-state index contributed by atoms with van der Waals surface area (Å²) in [4.78, 5) is 0.163. The molecule has 0 fully saturated rings. The Kier molecular flexibility index (Phi) is 5.79. The van der Waals surface area contributed by atoms with Crippen LogP contribution in [0.4, 0.5) is 8.78 Å². The summed E-state index contributed by atoms with van der Waals surface area (Å²) < 4.78 is 28.3. The van der Waals surface area contributed by atoms with Crippen LogP contribution >= 0.6 is 15.9 Å². The van der Waals surface area contributed by atoms with Crippen LogP contribution in [0.3, 0.4) is 0 Å². The lowest BCUT2D eigenvalue weighted by Gasteiger charge is -2.10. The molecule has 15 heavy (non-hydrogen) atoms. The Balaban J connectivity index is 2.22. The van der Waals surface area contributed by atoms with Crippen molar-refractivity contribution in [2.45, 2.75) is 17.7 Å². The second kappa shape index (κ2) is 6.90. The van der Waals surface area contributed by atoms with E-state index in [0.717, 1.165) is 5.56 Å². The molecule has 1 rings (SSSR count). The van der Waals surface area contributed by atoms with E-state index >= 15 is 0 Å². The van der Waals surface area contributed by atoms with E-state index in [1.54, 1.807) is 0 Å². The molecule has 1 atom stereocenters. The van der Waals surface area contributed by atoms with Crippen molar-refractivity contribution in [1.82, 2.24) is 0 Å². The standard InChI is InChI=1S/C11H13BrF2O/c12-10(6-7-15-8-11(13)14)9-4-2-1-3-5-9/h1-5,10-11H,6-8H2. The number of ether oxygens (including phenoxy) is 1. The van der Waals surface area contributed by atoms with Crippen molar-refractivity contribution in [2.24, 2.45) is 0 Å². The summed E-state index contributed by atoms with van der Waals surface area (Å²) in [6.07, 6.45) is -1.69. The van der Waals surface area contributed by atoms with E-state index in [1.165, 1.54) is 0 Å². The van der Waals surface area contributed by atoms with Gasteiger partial charge in [0.05, 0.1) is 0 Å². The first-order valence-corrected chi connectivity index (χ1v) is 5.66. The lowest BCUT2D eigenvalue weighted by Crippen LogP contribution is -2.06. The zero-order valence-corrected chi connectivity index (χ0v) is 9.79. The van der Waals surface area contributed by atoms with Gasteiger partial charge in [-0.3, -0.25) is 0 Å². The van der Waals surface area contributed by atoms with Gasteiger partial charge in [-0.05, 0) is 12.0 Å². The van der Waals surface area contributed by atoms with Gasteiger partial charge in [0.25, 0.3) is 6.43 Å². The zero-order chi connectivity index (χ0) is 11.1. The summed E-state index contributed by atoms with van der Waals surface area (Å²) in [5.74, 6) is 0. The van der Waals surface area contributed by atoms with Gasteiger partial charge in [-0.1, -0.05) is 46.3 Å². The second-order valence-electron chi connectivity index (χ2n) is 3.13. The average Bonchev–Trinajstić information content (AvgIpc) is 2.25. The van der Waals surface area contributed by atoms with E-state index < -0.39 is 13.0 Å². The van der Waals surface area contributed by atoms with Crippen LogP contribution < -0.4 is 0 Å². The van der Waals surface area contributed by atoms with Crippen LogP contribution in [0.5, 0.6) is 0 Å². The van der Waals surface area contributed by atoms with Gasteiger partial charge >= 0.3 is 0 Å². The van der Waals surface area contributed by atoms with Gasteiger partial charge in [0.15, 0.2) is 0 Å². The van der Waals surface area contributed by atoms with E-state index in [2.05, 4.69) is 15.9 Å². The molecule has 0 aromatic heterocycles. The first kappa shape index (κ1) is 12.6. The molecule has 0 radical (unpaired) electrons. The third-order valence-corrected chi connectivity index (χ3v) is 2.91. The molecule has 0 aliphatic carbocycles. The number of halogens is 3. The fourth-order valence-corrected chi connectivity index (χ4v) is 1.68. The largest absolute Gasteiger partial charge is 0.375 e. The highest BCUT2D eigenvalue weighted by Gasteiger charge is 2.07. The van der Waals surface area contributed by atoms with E-state index in [-0.39, 0.29) is 4.83 Å². The Labute approximate surface area is 96.6 Å². The minimum absolute atomic E-state index is 0.163. The lowest BCUT2D eigenvalue weighted by atomic mass is 10.1. The molecule has 1 unspecified atom stereocenters. The molecule has 1 aromatic carbocycles. The Bertz CT molecular complexity index is 267. The summed E-state index contributed by atoms with van der Waals surface area (Å²) >= 11 is 3.49. The minimum Gasteiger partial charge on any atom is -0.375 e. The molecule has 0 bridgehead atoms. The summed E-state index contributed by atoms with van der Waals surface area (Å²) in [5, 5.41) is 0. The SMILES string of the molecule is FC(F)COCCC(Br)c1ccccc1. The van der Waals surface area contributed by atoms with Crippen molar-refractivity contribution in [2.75, 3.05) is 13.2 Å². The molecule has 0 saturated heterocycles. The first-order chi connectivity index (χ1) is 7.20. The molecule has 1 aromatic rings. The second-order valence-corrected chi connectivity index (χ2v) is 4.24. The summed E-state index contributed by atoms with van der Waals surface area (Å²) in [7, 11) is 0.